The number of nitrogens with zero attached hydrogens (tertiary/aromatic N) is 4. The van der Waals surface area contributed by atoms with E-state index < -0.39 is 0 Å². The zero-order valence-corrected chi connectivity index (χ0v) is 11.9. The first-order valence-electron chi connectivity index (χ1n) is 4.70. The first-order chi connectivity index (χ1) is 8.08. The van der Waals surface area contributed by atoms with Crippen LogP contribution in [0.2, 0.25) is 0 Å². The fraction of sp³-hybridized carbons (Fsp3) is 0.333. The average Bonchev–Trinajstić information content (AvgIpc) is 2.57. The Labute approximate surface area is 112 Å². The molecule has 0 saturated heterocycles. The first-order valence-corrected chi connectivity index (χ1v) is 6.74. The molecule has 0 bridgehead atoms. The fourth-order valence-corrected chi connectivity index (χ4v) is 3.39. The summed E-state index contributed by atoms with van der Waals surface area (Å²) in [5, 5.41) is 5.09. The van der Waals surface area contributed by atoms with Crippen LogP contribution in [0.15, 0.2) is 15.4 Å². The van der Waals surface area contributed by atoms with Crippen molar-refractivity contribution in [2.24, 2.45) is 7.05 Å². The SMILES string of the molecule is COc1nc(C)cc(Sc2nn(C)c(=S)s2)n1. The summed E-state index contributed by atoms with van der Waals surface area (Å²) < 4.78 is 8.30. The van der Waals surface area contributed by atoms with Gasteiger partial charge in [-0.1, -0.05) is 11.3 Å². The molecule has 5 nitrogen and oxygen atoms in total. The van der Waals surface area contributed by atoms with Gasteiger partial charge >= 0.3 is 6.01 Å². The number of hydrogen-bond donors (Lipinski definition) is 0. The van der Waals surface area contributed by atoms with Crippen molar-refractivity contribution in [2.75, 3.05) is 7.11 Å². The highest BCUT2D eigenvalue weighted by atomic mass is 32.2. The van der Waals surface area contributed by atoms with E-state index in [1.807, 2.05) is 20.0 Å². The largest absolute Gasteiger partial charge is 0.467 e. The van der Waals surface area contributed by atoms with E-state index in [0.717, 1.165) is 19.0 Å². The van der Waals surface area contributed by atoms with Crippen molar-refractivity contribution < 1.29 is 4.74 Å². The van der Waals surface area contributed by atoms with Gasteiger partial charge in [0.05, 0.1) is 7.11 Å². The average molecular weight is 286 g/mol. The van der Waals surface area contributed by atoms with E-state index in [2.05, 4.69) is 15.1 Å². The molecule has 0 N–H and O–H groups in total. The lowest BCUT2D eigenvalue weighted by molar-refractivity contribution is 0.375. The summed E-state index contributed by atoms with van der Waals surface area (Å²) in [6.45, 7) is 1.90. The lowest BCUT2D eigenvalue weighted by atomic mass is 10.5. The summed E-state index contributed by atoms with van der Waals surface area (Å²) in [7, 11) is 3.38. The molecule has 2 aromatic heterocycles. The molecule has 0 aliphatic rings. The fourth-order valence-electron chi connectivity index (χ4n) is 1.11. The molecule has 0 saturated carbocycles. The van der Waals surface area contributed by atoms with Crippen LogP contribution in [0.5, 0.6) is 6.01 Å². The standard InChI is InChI=1S/C9H10N4OS3/c1-5-4-6(11-7(10-5)14-3)16-8-12-13(2)9(15)17-8/h4H,1-3H3. The molecule has 0 radical (unpaired) electrons. The Hall–Kier alpha value is -0.990. The highest BCUT2D eigenvalue weighted by molar-refractivity contribution is 8.01. The monoisotopic (exact) mass is 286 g/mol. The van der Waals surface area contributed by atoms with E-state index in [1.165, 1.54) is 23.1 Å². The molecule has 0 spiro atoms. The molecule has 8 heteroatoms. The van der Waals surface area contributed by atoms with Crippen LogP contribution in [0, 0.1) is 10.9 Å². The predicted molar refractivity (Wildman–Crippen MR) is 69.4 cm³/mol. The van der Waals surface area contributed by atoms with Crippen LogP contribution in [-0.2, 0) is 7.05 Å². The van der Waals surface area contributed by atoms with Crippen molar-refractivity contribution in [3.8, 4) is 6.01 Å². The van der Waals surface area contributed by atoms with Crippen molar-refractivity contribution >= 4 is 35.3 Å². The molecule has 0 aromatic carbocycles. The number of aromatic nitrogens is 4. The number of rotatable bonds is 3. The molecule has 0 unspecified atom stereocenters. The Morgan fingerprint density at radius 1 is 1.47 bits per heavy atom. The smallest absolute Gasteiger partial charge is 0.317 e. The molecule has 0 amide bonds. The first kappa shape index (κ1) is 12.5. The van der Waals surface area contributed by atoms with Gasteiger partial charge in [-0.05, 0) is 37.0 Å². The molecule has 0 aliphatic heterocycles. The summed E-state index contributed by atoms with van der Waals surface area (Å²) in [6.07, 6.45) is 0. The van der Waals surface area contributed by atoms with Crippen LogP contribution in [0.3, 0.4) is 0 Å². The molecule has 90 valence electrons. The lowest BCUT2D eigenvalue weighted by Gasteiger charge is -2.02. The zero-order valence-electron chi connectivity index (χ0n) is 9.50. The highest BCUT2D eigenvalue weighted by Gasteiger charge is 2.07. The normalized spacial score (nSPS) is 10.5. The third kappa shape index (κ3) is 3.02. The van der Waals surface area contributed by atoms with Crippen LogP contribution in [0.4, 0.5) is 0 Å². The molecule has 17 heavy (non-hydrogen) atoms. The van der Waals surface area contributed by atoms with Crippen LogP contribution in [-0.4, -0.2) is 26.9 Å². The van der Waals surface area contributed by atoms with Crippen molar-refractivity contribution in [1.29, 1.82) is 0 Å². The molecule has 2 rings (SSSR count). The topological polar surface area (TPSA) is 52.8 Å². The van der Waals surface area contributed by atoms with Gasteiger partial charge in [0.15, 0.2) is 8.29 Å². The quantitative estimate of drug-likeness (QED) is 0.638. The van der Waals surface area contributed by atoms with Crippen molar-refractivity contribution in [2.45, 2.75) is 16.3 Å². The molecule has 2 heterocycles. The van der Waals surface area contributed by atoms with Crippen molar-refractivity contribution in [3.63, 3.8) is 0 Å². The molecule has 0 fully saturated rings. The lowest BCUT2D eigenvalue weighted by Crippen LogP contribution is -1.95. The number of aryl methyl sites for hydroxylation is 2. The maximum atomic E-state index is 5.11. The summed E-state index contributed by atoms with van der Waals surface area (Å²) in [4.78, 5) is 8.37. The summed E-state index contributed by atoms with van der Waals surface area (Å²) in [5.41, 5.74) is 0.860. The third-order valence-electron chi connectivity index (χ3n) is 1.86. The second kappa shape index (κ2) is 5.11. The second-order valence-electron chi connectivity index (χ2n) is 3.19. The van der Waals surface area contributed by atoms with E-state index >= 15 is 0 Å². The number of hydrogen-bond acceptors (Lipinski definition) is 7. The van der Waals surface area contributed by atoms with Gasteiger partial charge in [0.2, 0.25) is 0 Å². The van der Waals surface area contributed by atoms with Crippen LogP contribution >= 0.6 is 35.3 Å². The third-order valence-corrected chi connectivity index (χ3v) is 4.24. The Bertz CT molecular complexity index is 592. The Morgan fingerprint density at radius 2 is 2.24 bits per heavy atom. The van der Waals surface area contributed by atoms with E-state index in [4.69, 9.17) is 17.0 Å². The van der Waals surface area contributed by atoms with E-state index in [9.17, 15) is 0 Å². The van der Waals surface area contributed by atoms with E-state index in [0.29, 0.717) is 6.01 Å². The van der Waals surface area contributed by atoms with Crippen molar-refractivity contribution in [3.05, 3.63) is 15.7 Å². The van der Waals surface area contributed by atoms with Gasteiger partial charge in [0.1, 0.15) is 5.03 Å². The summed E-state index contributed by atoms with van der Waals surface area (Å²) >= 11 is 8.02. The minimum absolute atomic E-state index is 0.368. The highest BCUT2D eigenvalue weighted by Crippen LogP contribution is 2.29. The maximum absolute atomic E-state index is 5.11. The summed E-state index contributed by atoms with van der Waals surface area (Å²) in [6, 6.07) is 2.25. The Kier molecular flexibility index (Phi) is 3.75. The molecule has 2 aromatic rings. The van der Waals surface area contributed by atoms with Crippen LogP contribution < -0.4 is 4.74 Å². The molecule has 0 aliphatic carbocycles. The van der Waals surface area contributed by atoms with Gasteiger partial charge in [0.25, 0.3) is 0 Å². The second-order valence-corrected chi connectivity index (χ2v) is 6.08. The van der Waals surface area contributed by atoms with Crippen LogP contribution in [0.25, 0.3) is 0 Å². The predicted octanol–water partition coefficient (Wildman–Crippen LogP) is 2.47. The minimum atomic E-state index is 0.368. The van der Waals surface area contributed by atoms with E-state index in [-0.39, 0.29) is 0 Å². The molecular weight excluding hydrogens is 276 g/mol. The van der Waals surface area contributed by atoms with Gasteiger partial charge < -0.3 is 4.74 Å². The van der Waals surface area contributed by atoms with Crippen LogP contribution in [0.1, 0.15) is 5.69 Å². The van der Waals surface area contributed by atoms with Gasteiger partial charge in [-0.25, -0.2) is 9.67 Å². The van der Waals surface area contributed by atoms with E-state index in [1.54, 1.807) is 11.8 Å². The molecular formula is C9H10N4OS3. The molecule has 0 atom stereocenters. The Morgan fingerprint density at radius 3 is 2.82 bits per heavy atom. The van der Waals surface area contributed by atoms with Gasteiger partial charge in [0, 0.05) is 12.7 Å². The van der Waals surface area contributed by atoms with Gasteiger partial charge in [-0.2, -0.15) is 10.1 Å². The van der Waals surface area contributed by atoms with Gasteiger partial charge in [-0.3, -0.25) is 0 Å². The Balaban J connectivity index is 2.29. The summed E-state index contributed by atoms with van der Waals surface area (Å²) in [5.74, 6) is 0. The number of methoxy groups -OCH3 is 1. The van der Waals surface area contributed by atoms with Crippen molar-refractivity contribution in [1.82, 2.24) is 19.7 Å². The minimum Gasteiger partial charge on any atom is -0.467 e. The van der Waals surface area contributed by atoms with Gasteiger partial charge in [-0.15, -0.1) is 0 Å². The number of ether oxygens (including phenoxy) is 1. The zero-order chi connectivity index (χ0) is 12.4. The maximum Gasteiger partial charge on any atom is 0.317 e.